The maximum absolute atomic E-state index is 13.0. The number of methoxy groups -OCH3 is 1. The van der Waals surface area contributed by atoms with Gasteiger partial charge in [0, 0.05) is 13.3 Å². The van der Waals surface area contributed by atoms with Crippen LogP contribution in [0, 0.1) is 5.92 Å². The number of ether oxygens (including phenoxy) is 1. The number of amides is 2. The van der Waals surface area contributed by atoms with E-state index in [1.165, 1.54) is 16.9 Å². The quantitative estimate of drug-likeness (QED) is 0.841. The SMILES string of the molecule is COCC(=O)N1C=C(c2ccccc2)N(CC(=O)O)C(=O)C1C(C)C. The number of carbonyl (C=O) groups excluding carboxylic acids is 2. The third-order valence-electron chi connectivity index (χ3n) is 3.92. The van der Waals surface area contributed by atoms with E-state index in [2.05, 4.69) is 0 Å². The molecule has 0 spiro atoms. The van der Waals surface area contributed by atoms with Gasteiger partial charge in [-0.1, -0.05) is 44.2 Å². The minimum absolute atomic E-state index is 0.159. The molecule has 1 aromatic rings. The van der Waals surface area contributed by atoms with Crippen LogP contribution in [0.2, 0.25) is 0 Å². The molecule has 1 N–H and O–H groups in total. The second-order valence-electron chi connectivity index (χ2n) is 6.12. The highest BCUT2D eigenvalue weighted by molar-refractivity contribution is 5.99. The van der Waals surface area contributed by atoms with Crippen molar-refractivity contribution in [1.82, 2.24) is 9.80 Å². The molecule has 1 aliphatic rings. The van der Waals surface area contributed by atoms with Gasteiger partial charge in [-0.05, 0) is 11.5 Å². The predicted molar refractivity (Wildman–Crippen MR) is 91.1 cm³/mol. The normalized spacial score (nSPS) is 17.7. The fraction of sp³-hybridized carbons (Fsp3) is 0.389. The lowest BCUT2D eigenvalue weighted by molar-refractivity contribution is -0.149. The summed E-state index contributed by atoms with van der Waals surface area (Å²) >= 11 is 0. The molecule has 0 fully saturated rings. The van der Waals surface area contributed by atoms with E-state index in [0.717, 1.165) is 0 Å². The van der Waals surface area contributed by atoms with Crippen molar-refractivity contribution in [2.24, 2.45) is 5.92 Å². The molecule has 0 aliphatic carbocycles. The molecule has 7 heteroatoms. The second kappa shape index (κ2) is 7.94. The molecule has 7 nitrogen and oxygen atoms in total. The zero-order valence-corrected chi connectivity index (χ0v) is 14.5. The Hall–Kier alpha value is -2.67. The van der Waals surface area contributed by atoms with Gasteiger partial charge in [-0.15, -0.1) is 0 Å². The van der Waals surface area contributed by atoms with Gasteiger partial charge in [-0.2, -0.15) is 0 Å². The van der Waals surface area contributed by atoms with Crippen LogP contribution >= 0.6 is 0 Å². The Kier molecular flexibility index (Phi) is 5.93. The molecule has 0 aromatic heterocycles. The number of carboxylic acid groups (broad SMARTS) is 1. The van der Waals surface area contributed by atoms with Crippen LogP contribution in [0.3, 0.4) is 0 Å². The fourth-order valence-electron chi connectivity index (χ4n) is 2.85. The maximum atomic E-state index is 13.0. The van der Waals surface area contributed by atoms with E-state index in [1.54, 1.807) is 30.5 Å². The van der Waals surface area contributed by atoms with Crippen LogP contribution in [0.4, 0.5) is 0 Å². The van der Waals surface area contributed by atoms with Crippen LogP contribution in [0.25, 0.3) is 5.70 Å². The molecule has 1 aliphatic heterocycles. The first kappa shape index (κ1) is 18.7. The summed E-state index contributed by atoms with van der Waals surface area (Å²) in [5.74, 6) is -2.06. The molecule has 1 heterocycles. The summed E-state index contributed by atoms with van der Waals surface area (Å²) in [7, 11) is 1.41. The lowest BCUT2D eigenvalue weighted by Crippen LogP contribution is -2.56. The molecular formula is C18H22N2O5. The van der Waals surface area contributed by atoms with Crippen LogP contribution in [0.1, 0.15) is 19.4 Å². The van der Waals surface area contributed by atoms with Gasteiger partial charge in [0.25, 0.3) is 11.8 Å². The number of aliphatic carboxylic acids is 1. The van der Waals surface area contributed by atoms with E-state index in [-0.39, 0.29) is 18.4 Å². The first-order chi connectivity index (χ1) is 11.9. The Balaban J connectivity index is 2.56. The van der Waals surface area contributed by atoms with E-state index >= 15 is 0 Å². The molecule has 134 valence electrons. The minimum atomic E-state index is -1.12. The number of rotatable bonds is 6. The zero-order valence-electron chi connectivity index (χ0n) is 14.5. The number of benzene rings is 1. The van der Waals surface area contributed by atoms with Crippen molar-refractivity contribution in [3.05, 3.63) is 42.1 Å². The highest BCUT2D eigenvalue weighted by Gasteiger charge is 2.40. The third kappa shape index (κ3) is 4.06. The Morgan fingerprint density at radius 3 is 2.40 bits per heavy atom. The van der Waals surface area contributed by atoms with Crippen LogP contribution in [0.5, 0.6) is 0 Å². The van der Waals surface area contributed by atoms with Gasteiger partial charge < -0.3 is 14.7 Å². The van der Waals surface area contributed by atoms with E-state index in [4.69, 9.17) is 4.74 Å². The van der Waals surface area contributed by atoms with Gasteiger partial charge in [0.15, 0.2) is 0 Å². The molecule has 0 bridgehead atoms. The Labute approximate surface area is 146 Å². The van der Waals surface area contributed by atoms with Gasteiger partial charge in [0.05, 0.1) is 5.70 Å². The van der Waals surface area contributed by atoms with Crippen LogP contribution in [-0.2, 0) is 19.1 Å². The molecule has 25 heavy (non-hydrogen) atoms. The first-order valence-corrected chi connectivity index (χ1v) is 7.97. The van der Waals surface area contributed by atoms with Crippen molar-refractivity contribution >= 4 is 23.5 Å². The zero-order chi connectivity index (χ0) is 18.6. The summed E-state index contributed by atoms with van der Waals surface area (Å²) in [5.41, 5.74) is 1.05. The predicted octanol–water partition coefficient (Wildman–Crippen LogP) is 1.41. The summed E-state index contributed by atoms with van der Waals surface area (Å²) in [4.78, 5) is 39.3. The highest BCUT2D eigenvalue weighted by Crippen LogP contribution is 2.29. The molecule has 2 amide bonds. The summed E-state index contributed by atoms with van der Waals surface area (Å²) < 4.78 is 4.91. The first-order valence-electron chi connectivity index (χ1n) is 7.97. The largest absolute Gasteiger partial charge is 0.480 e. The minimum Gasteiger partial charge on any atom is -0.480 e. The van der Waals surface area contributed by atoms with E-state index in [1.807, 2.05) is 19.9 Å². The van der Waals surface area contributed by atoms with Gasteiger partial charge in [0.1, 0.15) is 19.2 Å². The maximum Gasteiger partial charge on any atom is 0.323 e. The highest BCUT2D eigenvalue weighted by atomic mass is 16.5. The van der Waals surface area contributed by atoms with Crippen LogP contribution < -0.4 is 0 Å². The monoisotopic (exact) mass is 346 g/mol. The average Bonchev–Trinajstić information content (AvgIpc) is 2.56. The number of hydrogen-bond donors (Lipinski definition) is 1. The van der Waals surface area contributed by atoms with Crippen molar-refractivity contribution in [1.29, 1.82) is 0 Å². The molecule has 1 unspecified atom stereocenters. The van der Waals surface area contributed by atoms with Crippen LogP contribution in [-0.4, -0.2) is 59.0 Å². The smallest absolute Gasteiger partial charge is 0.323 e. The summed E-state index contributed by atoms with van der Waals surface area (Å²) in [6.07, 6.45) is 1.55. The van der Waals surface area contributed by atoms with Crippen molar-refractivity contribution < 1.29 is 24.2 Å². The second-order valence-corrected chi connectivity index (χ2v) is 6.12. The topological polar surface area (TPSA) is 87.2 Å². The summed E-state index contributed by atoms with van der Waals surface area (Å²) in [6, 6.07) is 8.16. The van der Waals surface area contributed by atoms with Crippen LogP contribution in [0.15, 0.2) is 36.5 Å². The number of carbonyl (C=O) groups is 3. The number of nitrogens with zero attached hydrogens (tertiary/aromatic N) is 2. The van der Waals surface area contributed by atoms with E-state index in [9.17, 15) is 19.5 Å². The molecule has 1 atom stereocenters. The Bertz CT molecular complexity index is 684. The molecule has 0 radical (unpaired) electrons. The van der Waals surface area contributed by atoms with Crippen molar-refractivity contribution in [2.45, 2.75) is 19.9 Å². The molecule has 0 saturated carbocycles. The van der Waals surface area contributed by atoms with Gasteiger partial charge >= 0.3 is 5.97 Å². The summed E-state index contributed by atoms with van der Waals surface area (Å²) in [5, 5.41) is 9.21. The third-order valence-corrected chi connectivity index (χ3v) is 3.92. The lowest BCUT2D eigenvalue weighted by Gasteiger charge is -2.40. The molecule has 0 saturated heterocycles. The molecule has 1 aromatic carbocycles. The summed E-state index contributed by atoms with van der Waals surface area (Å²) in [6.45, 7) is 3.01. The van der Waals surface area contributed by atoms with Crippen molar-refractivity contribution in [2.75, 3.05) is 20.3 Å². The van der Waals surface area contributed by atoms with Crippen molar-refractivity contribution in [3.8, 4) is 0 Å². The van der Waals surface area contributed by atoms with E-state index < -0.39 is 24.5 Å². The average molecular weight is 346 g/mol. The fourth-order valence-corrected chi connectivity index (χ4v) is 2.85. The Morgan fingerprint density at radius 1 is 1.24 bits per heavy atom. The van der Waals surface area contributed by atoms with E-state index in [0.29, 0.717) is 11.3 Å². The van der Waals surface area contributed by atoms with Gasteiger partial charge in [-0.25, -0.2) is 0 Å². The van der Waals surface area contributed by atoms with Crippen molar-refractivity contribution in [3.63, 3.8) is 0 Å². The van der Waals surface area contributed by atoms with Gasteiger partial charge in [0.2, 0.25) is 0 Å². The van der Waals surface area contributed by atoms with Gasteiger partial charge in [-0.3, -0.25) is 19.3 Å². The molecule has 2 rings (SSSR count). The molecular weight excluding hydrogens is 324 g/mol. The standard InChI is InChI=1S/C18H22N2O5/c1-12(2)17-18(24)19(10-16(22)23)14(13-7-5-4-6-8-13)9-20(17)15(21)11-25-3/h4-9,12,17H,10-11H2,1-3H3,(H,22,23). The lowest BCUT2D eigenvalue weighted by atomic mass is 9.97. The number of carboxylic acids is 1. The number of hydrogen-bond acceptors (Lipinski definition) is 4. The Morgan fingerprint density at radius 2 is 1.88 bits per heavy atom.